The smallest absolute Gasteiger partial charge is 0.0356 e. The highest BCUT2D eigenvalue weighted by atomic mass is 15.2. The monoisotopic (exact) mass is 226 g/mol. The second kappa shape index (κ2) is 6.61. The first-order chi connectivity index (χ1) is 7.67. The Morgan fingerprint density at radius 1 is 1.12 bits per heavy atom. The molecule has 0 bridgehead atoms. The highest BCUT2D eigenvalue weighted by Crippen LogP contribution is 2.36. The molecule has 1 saturated carbocycles. The summed E-state index contributed by atoms with van der Waals surface area (Å²) in [7, 11) is 4.53. The first-order valence-corrected chi connectivity index (χ1v) is 7.08. The van der Waals surface area contributed by atoms with Crippen molar-refractivity contribution in [1.82, 2.24) is 10.2 Å². The quantitative estimate of drug-likeness (QED) is 0.749. The minimum absolute atomic E-state index is 0.419. The van der Waals surface area contributed by atoms with Gasteiger partial charge in [0.2, 0.25) is 0 Å². The van der Waals surface area contributed by atoms with E-state index in [-0.39, 0.29) is 0 Å². The van der Waals surface area contributed by atoms with E-state index in [9.17, 15) is 0 Å². The molecule has 2 nitrogen and oxygen atoms in total. The molecular weight excluding hydrogens is 196 g/mol. The van der Waals surface area contributed by atoms with E-state index in [0.717, 1.165) is 6.54 Å². The van der Waals surface area contributed by atoms with Crippen molar-refractivity contribution in [1.29, 1.82) is 0 Å². The summed E-state index contributed by atoms with van der Waals surface area (Å²) in [6.45, 7) is 5.74. The summed E-state index contributed by atoms with van der Waals surface area (Å²) in [4.78, 5) is 2.49. The predicted molar refractivity (Wildman–Crippen MR) is 71.9 cm³/mol. The highest BCUT2D eigenvalue weighted by molar-refractivity contribution is 4.99. The summed E-state index contributed by atoms with van der Waals surface area (Å²) in [5.74, 6) is 0. The third-order valence-corrected chi connectivity index (χ3v) is 4.31. The zero-order valence-corrected chi connectivity index (χ0v) is 11.7. The lowest BCUT2D eigenvalue weighted by Crippen LogP contribution is -2.59. The maximum Gasteiger partial charge on any atom is 0.0356 e. The van der Waals surface area contributed by atoms with Crippen LogP contribution in [0.1, 0.15) is 58.8 Å². The third-order valence-electron chi connectivity index (χ3n) is 4.31. The van der Waals surface area contributed by atoms with Gasteiger partial charge in [-0.25, -0.2) is 0 Å². The lowest BCUT2D eigenvalue weighted by molar-refractivity contribution is 0.0553. The summed E-state index contributed by atoms with van der Waals surface area (Å²) in [6, 6.07) is 0.669. The fourth-order valence-corrected chi connectivity index (χ4v) is 3.30. The van der Waals surface area contributed by atoms with Gasteiger partial charge in [0.1, 0.15) is 0 Å². The van der Waals surface area contributed by atoms with Crippen molar-refractivity contribution < 1.29 is 0 Å². The van der Waals surface area contributed by atoms with Crippen molar-refractivity contribution in [3.63, 3.8) is 0 Å². The topological polar surface area (TPSA) is 15.3 Å². The Morgan fingerprint density at radius 2 is 1.75 bits per heavy atom. The average molecular weight is 226 g/mol. The summed E-state index contributed by atoms with van der Waals surface area (Å²) in [5.41, 5.74) is 0.419. The number of likely N-dealkylation sites (N-methyl/N-ethyl adjacent to an activating group) is 1. The molecule has 1 unspecified atom stereocenters. The zero-order chi connectivity index (χ0) is 12.0. The van der Waals surface area contributed by atoms with Crippen molar-refractivity contribution >= 4 is 0 Å². The van der Waals surface area contributed by atoms with Gasteiger partial charge in [0.25, 0.3) is 0 Å². The van der Waals surface area contributed by atoms with Crippen LogP contribution in [0.4, 0.5) is 0 Å². The van der Waals surface area contributed by atoms with E-state index >= 15 is 0 Å². The Morgan fingerprint density at radius 3 is 2.19 bits per heavy atom. The molecule has 2 heteroatoms. The van der Waals surface area contributed by atoms with Gasteiger partial charge in [0, 0.05) is 11.6 Å². The standard InChI is InChI=1S/C14H30N2/c1-5-12-15-13(6-2)14(16(3)4)10-8-7-9-11-14/h13,15H,5-12H2,1-4H3. The van der Waals surface area contributed by atoms with Crippen LogP contribution in [0, 0.1) is 0 Å². The van der Waals surface area contributed by atoms with Crippen LogP contribution in [-0.2, 0) is 0 Å². The molecule has 1 aliphatic carbocycles. The van der Waals surface area contributed by atoms with Crippen molar-refractivity contribution in [3.8, 4) is 0 Å². The van der Waals surface area contributed by atoms with E-state index in [1.807, 2.05) is 0 Å². The van der Waals surface area contributed by atoms with Crippen LogP contribution in [-0.4, -0.2) is 37.1 Å². The molecular formula is C14H30N2. The van der Waals surface area contributed by atoms with Crippen LogP contribution in [0.5, 0.6) is 0 Å². The Balaban J connectivity index is 2.71. The van der Waals surface area contributed by atoms with Gasteiger partial charge in [-0.3, -0.25) is 0 Å². The van der Waals surface area contributed by atoms with Crippen LogP contribution in [0.15, 0.2) is 0 Å². The van der Waals surface area contributed by atoms with Gasteiger partial charge in [0.15, 0.2) is 0 Å². The second-order valence-corrected chi connectivity index (χ2v) is 5.47. The molecule has 0 heterocycles. The summed E-state index contributed by atoms with van der Waals surface area (Å²) in [5, 5.41) is 3.77. The summed E-state index contributed by atoms with van der Waals surface area (Å²) in [6.07, 6.45) is 9.47. The molecule has 0 saturated heterocycles. The van der Waals surface area contributed by atoms with Gasteiger partial charge in [0.05, 0.1) is 0 Å². The highest BCUT2D eigenvalue weighted by Gasteiger charge is 2.40. The maximum absolute atomic E-state index is 3.77. The predicted octanol–water partition coefficient (Wildman–Crippen LogP) is 3.03. The second-order valence-electron chi connectivity index (χ2n) is 5.47. The normalized spacial score (nSPS) is 22.3. The number of nitrogens with one attached hydrogen (secondary N) is 1. The fourth-order valence-electron chi connectivity index (χ4n) is 3.30. The zero-order valence-electron chi connectivity index (χ0n) is 11.7. The molecule has 1 atom stereocenters. The van der Waals surface area contributed by atoms with Crippen LogP contribution in [0.3, 0.4) is 0 Å². The Kier molecular flexibility index (Phi) is 5.77. The van der Waals surface area contributed by atoms with Crippen LogP contribution >= 0.6 is 0 Å². The average Bonchev–Trinajstić information content (AvgIpc) is 2.31. The Bertz CT molecular complexity index is 183. The Hall–Kier alpha value is -0.0800. The minimum atomic E-state index is 0.419. The van der Waals surface area contributed by atoms with Crippen LogP contribution in [0.2, 0.25) is 0 Å². The molecule has 0 aromatic carbocycles. The van der Waals surface area contributed by atoms with E-state index in [1.54, 1.807) is 0 Å². The molecule has 1 fully saturated rings. The van der Waals surface area contributed by atoms with Crippen molar-refractivity contribution in [2.24, 2.45) is 0 Å². The molecule has 0 aromatic heterocycles. The molecule has 16 heavy (non-hydrogen) atoms. The van der Waals surface area contributed by atoms with E-state index in [4.69, 9.17) is 0 Å². The molecule has 0 aliphatic heterocycles. The third kappa shape index (κ3) is 2.98. The van der Waals surface area contributed by atoms with Crippen LogP contribution < -0.4 is 5.32 Å². The maximum atomic E-state index is 3.77. The number of hydrogen-bond acceptors (Lipinski definition) is 2. The fraction of sp³-hybridized carbons (Fsp3) is 1.00. The molecule has 1 rings (SSSR count). The van der Waals surface area contributed by atoms with Crippen molar-refractivity contribution in [3.05, 3.63) is 0 Å². The van der Waals surface area contributed by atoms with E-state index in [1.165, 1.54) is 44.9 Å². The summed E-state index contributed by atoms with van der Waals surface area (Å²) < 4.78 is 0. The van der Waals surface area contributed by atoms with Crippen molar-refractivity contribution in [2.75, 3.05) is 20.6 Å². The minimum Gasteiger partial charge on any atom is -0.312 e. The van der Waals surface area contributed by atoms with Gasteiger partial charge < -0.3 is 10.2 Å². The molecule has 1 aliphatic rings. The van der Waals surface area contributed by atoms with Gasteiger partial charge >= 0.3 is 0 Å². The molecule has 1 N–H and O–H groups in total. The molecule has 0 radical (unpaired) electrons. The molecule has 0 spiro atoms. The first kappa shape index (κ1) is 14.0. The van der Waals surface area contributed by atoms with Gasteiger partial charge in [-0.05, 0) is 46.3 Å². The van der Waals surface area contributed by atoms with Crippen molar-refractivity contribution in [2.45, 2.75) is 70.4 Å². The lowest BCUT2D eigenvalue weighted by Gasteiger charge is -2.48. The number of nitrogens with zero attached hydrogens (tertiary/aromatic N) is 1. The molecule has 0 aromatic rings. The number of hydrogen-bond donors (Lipinski definition) is 1. The van der Waals surface area contributed by atoms with E-state index in [2.05, 4.69) is 38.2 Å². The Labute approximate surface area is 102 Å². The molecule has 0 amide bonds. The van der Waals surface area contributed by atoms with E-state index in [0.29, 0.717) is 11.6 Å². The van der Waals surface area contributed by atoms with Crippen LogP contribution in [0.25, 0.3) is 0 Å². The van der Waals surface area contributed by atoms with Gasteiger partial charge in [-0.1, -0.05) is 33.1 Å². The lowest BCUT2D eigenvalue weighted by atomic mass is 9.74. The first-order valence-electron chi connectivity index (χ1n) is 7.08. The van der Waals surface area contributed by atoms with E-state index < -0.39 is 0 Å². The molecule has 96 valence electrons. The van der Waals surface area contributed by atoms with Gasteiger partial charge in [-0.2, -0.15) is 0 Å². The largest absolute Gasteiger partial charge is 0.312 e. The SMILES string of the molecule is CCCNC(CC)C1(N(C)C)CCCCC1. The van der Waals surface area contributed by atoms with Gasteiger partial charge in [-0.15, -0.1) is 0 Å². The number of rotatable bonds is 6. The summed E-state index contributed by atoms with van der Waals surface area (Å²) >= 11 is 0.